The van der Waals surface area contributed by atoms with Crippen molar-refractivity contribution in [2.75, 3.05) is 32.2 Å². The summed E-state index contributed by atoms with van der Waals surface area (Å²) < 4.78 is 42.5. The molecule has 8 heteroatoms. The summed E-state index contributed by atoms with van der Waals surface area (Å²) in [5.41, 5.74) is -1.05. The molecule has 1 heterocycles. The Bertz CT molecular complexity index is 400. The van der Waals surface area contributed by atoms with Gasteiger partial charge in [-0.3, -0.25) is 0 Å². The van der Waals surface area contributed by atoms with Gasteiger partial charge in [0, 0.05) is 33.4 Å². The van der Waals surface area contributed by atoms with Crippen LogP contribution in [0.4, 0.5) is 19.0 Å². The molecule has 0 amide bonds. The summed E-state index contributed by atoms with van der Waals surface area (Å²) in [6.07, 6.45) is -3.86. The summed E-state index contributed by atoms with van der Waals surface area (Å²) in [5, 5.41) is -0.418. The maximum atomic E-state index is 12.5. The number of rotatable bonds is 5. The van der Waals surface area contributed by atoms with Gasteiger partial charge >= 0.3 is 6.18 Å². The largest absolute Gasteiger partial charge is 0.433 e. The normalized spacial score (nSPS) is 11.7. The van der Waals surface area contributed by atoms with E-state index in [0.717, 1.165) is 6.07 Å². The molecule has 4 nitrogen and oxygen atoms in total. The van der Waals surface area contributed by atoms with E-state index < -0.39 is 17.2 Å². The summed E-state index contributed by atoms with van der Waals surface area (Å²) in [6, 6.07) is 0.874. The third-order valence-electron chi connectivity index (χ3n) is 2.21. The van der Waals surface area contributed by atoms with Crippen LogP contribution in [0.2, 0.25) is 5.28 Å². The van der Waals surface area contributed by atoms with Crippen molar-refractivity contribution >= 4 is 17.4 Å². The first-order valence-corrected chi connectivity index (χ1v) is 5.54. The Morgan fingerprint density at radius 2 is 2.06 bits per heavy atom. The highest BCUT2D eigenvalue weighted by Crippen LogP contribution is 2.30. The van der Waals surface area contributed by atoms with Crippen molar-refractivity contribution in [2.24, 2.45) is 0 Å². The predicted octanol–water partition coefficient (Wildman–Crippen LogP) is 2.62. The lowest BCUT2D eigenvalue weighted by Gasteiger charge is -2.19. The Morgan fingerprint density at radius 1 is 1.39 bits per heavy atom. The molecule has 0 aliphatic carbocycles. The van der Waals surface area contributed by atoms with Crippen LogP contribution in [0.25, 0.3) is 0 Å². The van der Waals surface area contributed by atoms with Gasteiger partial charge in [0.1, 0.15) is 5.82 Å². The SMILES string of the molecule is COCCCN(C)c1cc(C(F)(F)F)nc(Cl)n1. The van der Waals surface area contributed by atoms with E-state index >= 15 is 0 Å². The number of methoxy groups -OCH3 is 1. The molecule has 0 aliphatic heterocycles. The molecule has 0 saturated heterocycles. The van der Waals surface area contributed by atoms with Crippen LogP contribution < -0.4 is 4.90 Å². The molecule has 1 rings (SSSR count). The summed E-state index contributed by atoms with van der Waals surface area (Å²) in [6.45, 7) is 1.04. The van der Waals surface area contributed by atoms with Gasteiger partial charge in [0.05, 0.1) is 0 Å². The Hall–Kier alpha value is -1.08. The number of halogens is 4. The molecule has 1 aromatic heterocycles. The topological polar surface area (TPSA) is 38.2 Å². The molecule has 0 atom stereocenters. The number of anilines is 1. The number of hydrogen-bond acceptors (Lipinski definition) is 4. The minimum atomic E-state index is -4.53. The van der Waals surface area contributed by atoms with Crippen LogP contribution in [0.5, 0.6) is 0 Å². The first kappa shape index (κ1) is 15.0. The monoisotopic (exact) mass is 283 g/mol. The van der Waals surface area contributed by atoms with Crippen molar-refractivity contribution in [1.82, 2.24) is 9.97 Å². The van der Waals surface area contributed by atoms with Gasteiger partial charge in [-0.1, -0.05) is 0 Å². The average Bonchev–Trinajstić information content (AvgIpc) is 2.27. The Morgan fingerprint density at radius 3 is 2.61 bits per heavy atom. The van der Waals surface area contributed by atoms with Gasteiger partial charge in [0.15, 0.2) is 5.69 Å². The molecular formula is C10H13ClF3N3O. The fourth-order valence-corrected chi connectivity index (χ4v) is 1.48. The third-order valence-corrected chi connectivity index (χ3v) is 2.38. The van der Waals surface area contributed by atoms with E-state index in [-0.39, 0.29) is 5.82 Å². The molecular weight excluding hydrogens is 271 g/mol. The van der Waals surface area contributed by atoms with E-state index in [4.69, 9.17) is 16.3 Å². The lowest BCUT2D eigenvalue weighted by Crippen LogP contribution is -2.22. The van der Waals surface area contributed by atoms with Gasteiger partial charge in [0.25, 0.3) is 0 Å². The highest BCUT2D eigenvalue weighted by molar-refractivity contribution is 6.28. The van der Waals surface area contributed by atoms with Crippen LogP contribution in [-0.4, -0.2) is 37.3 Å². The van der Waals surface area contributed by atoms with E-state index in [1.54, 1.807) is 19.1 Å². The van der Waals surface area contributed by atoms with E-state index in [0.29, 0.717) is 19.6 Å². The molecule has 0 radical (unpaired) electrons. The molecule has 0 spiro atoms. The maximum absolute atomic E-state index is 12.5. The van der Waals surface area contributed by atoms with Gasteiger partial charge in [-0.05, 0) is 18.0 Å². The van der Waals surface area contributed by atoms with Crippen molar-refractivity contribution in [2.45, 2.75) is 12.6 Å². The summed E-state index contributed by atoms with van der Waals surface area (Å²) in [7, 11) is 3.19. The second-order valence-electron chi connectivity index (χ2n) is 3.65. The zero-order valence-electron chi connectivity index (χ0n) is 9.96. The maximum Gasteiger partial charge on any atom is 0.433 e. The zero-order chi connectivity index (χ0) is 13.8. The molecule has 0 aliphatic rings. The summed E-state index contributed by atoms with van der Waals surface area (Å²) in [5.74, 6) is 0.137. The molecule has 0 N–H and O–H groups in total. The number of nitrogens with zero attached hydrogens (tertiary/aromatic N) is 3. The van der Waals surface area contributed by atoms with Gasteiger partial charge in [0.2, 0.25) is 5.28 Å². The summed E-state index contributed by atoms with van der Waals surface area (Å²) >= 11 is 5.49. The van der Waals surface area contributed by atoms with Crippen molar-refractivity contribution in [3.63, 3.8) is 0 Å². The van der Waals surface area contributed by atoms with Gasteiger partial charge in [-0.2, -0.15) is 13.2 Å². The second-order valence-corrected chi connectivity index (χ2v) is 3.98. The molecule has 1 aromatic rings. The molecule has 0 fully saturated rings. The van der Waals surface area contributed by atoms with Crippen LogP contribution in [-0.2, 0) is 10.9 Å². The lowest BCUT2D eigenvalue weighted by atomic mass is 10.3. The van der Waals surface area contributed by atoms with E-state index in [1.165, 1.54) is 0 Å². The van der Waals surface area contributed by atoms with Crippen molar-refractivity contribution < 1.29 is 17.9 Å². The Kier molecular flexibility index (Phi) is 5.15. The minimum absolute atomic E-state index is 0.137. The number of aromatic nitrogens is 2. The quantitative estimate of drug-likeness (QED) is 0.615. The second kappa shape index (κ2) is 6.19. The van der Waals surface area contributed by atoms with Crippen LogP contribution in [0.3, 0.4) is 0 Å². The van der Waals surface area contributed by atoms with E-state index in [9.17, 15) is 13.2 Å². The minimum Gasteiger partial charge on any atom is -0.385 e. The van der Waals surface area contributed by atoms with Crippen molar-refractivity contribution in [3.8, 4) is 0 Å². The van der Waals surface area contributed by atoms with Crippen molar-refractivity contribution in [3.05, 3.63) is 17.0 Å². The van der Waals surface area contributed by atoms with Crippen molar-refractivity contribution in [1.29, 1.82) is 0 Å². The number of ether oxygens (including phenoxy) is 1. The molecule has 102 valence electrons. The fourth-order valence-electron chi connectivity index (χ4n) is 1.31. The first-order chi connectivity index (χ1) is 8.34. The predicted molar refractivity (Wildman–Crippen MR) is 61.8 cm³/mol. The summed E-state index contributed by atoms with van der Waals surface area (Å²) in [4.78, 5) is 8.50. The van der Waals surface area contributed by atoms with Gasteiger partial charge in [-0.25, -0.2) is 9.97 Å². The highest BCUT2D eigenvalue weighted by atomic mass is 35.5. The first-order valence-electron chi connectivity index (χ1n) is 5.16. The molecule has 0 saturated carbocycles. The molecule has 18 heavy (non-hydrogen) atoms. The Labute approximate surface area is 108 Å². The van der Waals surface area contributed by atoms with E-state index in [2.05, 4.69) is 9.97 Å². The average molecular weight is 284 g/mol. The van der Waals surface area contributed by atoms with E-state index in [1.807, 2.05) is 0 Å². The van der Waals surface area contributed by atoms with Gasteiger partial charge in [-0.15, -0.1) is 0 Å². The highest BCUT2D eigenvalue weighted by Gasteiger charge is 2.33. The zero-order valence-corrected chi connectivity index (χ0v) is 10.7. The van der Waals surface area contributed by atoms with Crippen LogP contribution in [0.1, 0.15) is 12.1 Å². The smallest absolute Gasteiger partial charge is 0.385 e. The Balaban J connectivity index is 2.85. The van der Waals surface area contributed by atoms with Crippen LogP contribution >= 0.6 is 11.6 Å². The fraction of sp³-hybridized carbons (Fsp3) is 0.600. The number of alkyl halides is 3. The van der Waals surface area contributed by atoms with Crippen LogP contribution in [0, 0.1) is 0 Å². The lowest BCUT2D eigenvalue weighted by molar-refractivity contribution is -0.141. The van der Waals surface area contributed by atoms with Crippen LogP contribution in [0.15, 0.2) is 6.07 Å². The molecule has 0 bridgehead atoms. The molecule has 0 aromatic carbocycles. The number of hydrogen-bond donors (Lipinski definition) is 0. The third kappa shape index (κ3) is 4.30. The molecule has 0 unspecified atom stereocenters. The van der Waals surface area contributed by atoms with Gasteiger partial charge < -0.3 is 9.64 Å². The standard InChI is InChI=1S/C10H13ClF3N3O/c1-17(4-3-5-18-2)8-6-7(10(12,13)14)15-9(11)16-8/h6H,3-5H2,1-2H3.